The van der Waals surface area contributed by atoms with Crippen molar-refractivity contribution in [2.75, 3.05) is 11.4 Å². The first-order valence-corrected chi connectivity index (χ1v) is 6.95. The fraction of sp³-hybridized carbons (Fsp3) is 0.125. The number of aromatic nitrogens is 3. The van der Waals surface area contributed by atoms with Crippen LogP contribution in [0.15, 0.2) is 53.6 Å². The van der Waals surface area contributed by atoms with Gasteiger partial charge in [0.1, 0.15) is 5.69 Å². The van der Waals surface area contributed by atoms with Crippen LogP contribution in [0.5, 0.6) is 0 Å². The van der Waals surface area contributed by atoms with Crippen molar-refractivity contribution in [3.63, 3.8) is 0 Å². The third-order valence-electron chi connectivity index (χ3n) is 3.72. The zero-order valence-corrected chi connectivity index (χ0v) is 11.6. The average molecular weight is 292 g/mol. The van der Waals surface area contributed by atoms with Crippen LogP contribution < -0.4 is 4.90 Å². The Morgan fingerprint density at radius 3 is 2.91 bits per heavy atom. The zero-order chi connectivity index (χ0) is 14.9. The minimum absolute atomic E-state index is 0.126. The lowest BCUT2D eigenvalue weighted by molar-refractivity contribution is 0.0984. The van der Waals surface area contributed by atoms with Gasteiger partial charge in [-0.3, -0.25) is 9.78 Å². The summed E-state index contributed by atoms with van der Waals surface area (Å²) in [5.41, 5.74) is 3.35. The Hall–Kier alpha value is -3.02. The molecule has 108 valence electrons. The maximum Gasteiger partial charge on any atom is 0.278 e. The van der Waals surface area contributed by atoms with Crippen molar-refractivity contribution < 1.29 is 9.32 Å². The molecule has 0 aliphatic carbocycles. The summed E-state index contributed by atoms with van der Waals surface area (Å²) in [5.74, 6) is 0.598. The van der Waals surface area contributed by atoms with Crippen molar-refractivity contribution in [2.45, 2.75) is 6.42 Å². The molecule has 0 fully saturated rings. The third kappa shape index (κ3) is 2.05. The molecule has 1 amide bonds. The van der Waals surface area contributed by atoms with Crippen molar-refractivity contribution in [1.29, 1.82) is 0 Å². The highest BCUT2D eigenvalue weighted by Gasteiger charge is 2.26. The normalized spacial score (nSPS) is 13.2. The second-order valence-electron chi connectivity index (χ2n) is 5.02. The summed E-state index contributed by atoms with van der Waals surface area (Å²) < 4.78 is 5.17. The van der Waals surface area contributed by atoms with Crippen LogP contribution in [0.4, 0.5) is 5.69 Å². The molecule has 2 aromatic heterocycles. The predicted octanol–water partition coefficient (Wildman–Crippen LogP) is 2.33. The van der Waals surface area contributed by atoms with Gasteiger partial charge in [-0.05, 0) is 30.2 Å². The van der Waals surface area contributed by atoms with Crippen LogP contribution >= 0.6 is 0 Å². The topological polar surface area (TPSA) is 72.1 Å². The molecule has 0 radical (unpaired) electrons. The minimum Gasteiger partial charge on any atom is -0.356 e. The number of nitrogens with zero attached hydrogens (tertiary/aromatic N) is 4. The molecule has 6 nitrogen and oxygen atoms in total. The molecule has 1 aliphatic heterocycles. The first kappa shape index (κ1) is 12.7. The van der Waals surface area contributed by atoms with E-state index in [1.165, 1.54) is 12.4 Å². The standard InChI is InChI=1S/C16H12N4O2/c21-16(13-10-17-6-7-18-13)20-8-4-11-9-12(1-2-14(11)20)15-3-5-19-22-15/h1-3,5-7,9-10H,4,8H2. The van der Waals surface area contributed by atoms with Crippen LogP contribution in [-0.2, 0) is 6.42 Å². The van der Waals surface area contributed by atoms with Gasteiger partial charge >= 0.3 is 0 Å². The van der Waals surface area contributed by atoms with Gasteiger partial charge in [-0.1, -0.05) is 5.16 Å². The quantitative estimate of drug-likeness (QED) is 0.725. The summed E-state index contributed by atoms with van der Waals surface area (Å²) in [7, 11) is 0. The molecule has 3 aromatic rings. The summed E-state index contributed by atoms with van der Waals surface area (Å²) in [6.07, 6.45) is 6.99. The summed E-state index contributed by atoms with van der Waals surface area (Å²) in [4.78, 5) is 22.3. The van der Waals surface area contributed by atoms with Crippen molar-refractivity contribution >= 4 is 11.6 Å². The van der Waals surface area contributed by atoms with E-state index in [4.69, 9.17) is 4.52 Å². The number of hydrogen-bond donors (Lipinski definition) is 0. The largest absolute Gasteiger partial charge is 0.356 e. The van der Waals surface area contributed by atoms with Gasteiger partial charge in [0.05, 0.1) is 12.4 Å². The van der Waals surface area contributed by atoms with E-state index in [2.05, 4.69) is 15.1 Å². The van der Waals surface area contributed by atoms with Crippen molar-refractivity contribution in [3.8, 4) is 11.3 Å². The Kier molecular flexibility index (Phi) is 2.93. The SMILES string of the molecule is O=C(c1cnccn1)N1CCc2cc(-c3ccno3)ccc21. The van der Waals surface area contributed by atoms with E-state index < -0.39 is 0 Å². The summed E-state index contributed by atoms with van der Waals surface area (Å²) in [6, 6.07) is 7.73. The van der Waals surface area contributed by atoms with E-state index in [1.807, 2.05) is 24.3 Å². The first-order chi connectivity index (χ1) is 10.8. The number of rotatable bonds is 2. The summed E-state index contributed by atoms with van der Waals surface area (Å²) in [5, 5.41) is 3.72. The molecule has 4 rings (SSSR count). The number of anilines is 1. The lowest BCUT2D eigenvalue weighted by atomic mass is 10.1. The smallest absolute Gasteiger partial charge is 0.278 e. The molecule has 0 spiro atoms. The Bertz CT molecular complexity index is 815. The number of fused-ring (bicyclic) bond motifs is 1. The Labute approximate surface area is 126 Å². The number of hydrogen-bond acceptors (Lipinski definition) is 5. The van der Waals surface area contributed by atoms with Crippen LogP contribution in [0.25, 0.3) is 11.3 Å². The van der Waals surface area contributed by atoms with Gasteiger partial charge in [-0.25, -0.2) is 4.98 Å². The van der Waals surface area contributed by atoms with Gasteiger partial charge in [-0.15, -0.1) is 0 Å². The maximum absolute atomic E-state index is 12.5. The van der Waals surface area contributed by atoms with Gasteiger partial charge in [-0.2, -0.15) is 0 Å². The lowest BCUT2D eigenvalue weighted by Gasteiger charge is -2.16. The monoisotopic (exact) mass is 292 g/mol. The lowest BCUT2D eigenvalue weighted by Crippen LogP contribution is -2.29. The molecule has 0 saturated heterocycles. The molecule has 0 bridgehead atoms. The highest BCUT2D eigenvalue weighted by atomic mass is 16.5. The van der Waals surface area contributed by atoms with Crippen molar-refractivity contribution in [3.05, 3.63) is 60.3 Å². The Balaban J connectivity index is 1.67. The highest BCUT2D eigenvalue weighted by Crippen LogP contribution is 2.32. The molecule has 3 heterocycles. The van der Waals surface area contributed by atoms with E-state index >= 15 is 0 Å². The van der Waals surface area contributed by atoms with E-state index in [9.17, 15) is 4.79 Å². The summed E-state index contributed by atoms with van der Waals surface area (Å²) >= 11 is 0. The number of benzene rings is 1. The van der Waals surface area contributed by atoms with Crippen LogP contribution in [-0.4, -0.2) is 27.6 Å². The fourth-order valence-corrected chi connectivity index (χ4v) is 2.68. The predicted molar refractivity (Wildman–Crippen MR) is 79.4 cm³/mol. The second-order valence-corrected chi connectivity index (χ2v) is 5.02. The number of carbonyl (C=O) groups excluding carboxylic acids is 1. The van der Waals surface area contributed by atoms with Crippen molar-refractivity contribution in [1.82, 2.24) is 15.1 Å². The number of carbonyl (C=O) groups is 1. The fourth-order valence-electron chi connectivity index (χ4n) is 2.68. The third-order valence-corrected chi connectivity index (χ3v) is 3.72. The van der Waals surface area contributed by atoms with Gasteiger partial charge in [0.2, 0.25) is 0 Å². The second kappa shape index (κ2) is 5.07. The summed E-state index contributed by atoms with van der Waals surface area (Å²) in [6.45, 7) is 0.643. The number of amides is 1. The molecule has 22 heavy (non-hydrogen) atoms. The van der Waals surface area contributed by atoms with Gasteiger partial charge in [0, 0.05) is 36.3 Å². The van der Waals surface area contributed by atoms with Crippen LogP contribution in [0.2, 0.25) is 0 Å². The molecule has 1 aliphatic rings. The first-order valence-electron chi connectivity index (χ1n) is 6.95. The Morgan fingerprint density at radius 1 is 1.18 bits per heavy atom. The molecule has 0 N–H and O–H groups in total. The van der Waals surface area contributed by atoms with Crippen LogP contribution in [0.1, 0.15) is 16.1 Å². The maximum atomic E-state index is 12.5. The van der Waals surface area contributed by atoms with E-state index in [1.54, 1.807) is 17.3 Å². The molecule has 6 heteroatoms. The van der Waals surface area contributed by atoms with Crippen molar-refractivity contribution in [2.24, 2.45) is 0 Å². The van der Waals surface area contributed by atoms with Crippen LogP contribution in [0, 0.1) is 0 Å². The minimum atomic E-state index is -0.126. The van der Waals surface area contributed by atoms with E-state index in [-0.39, 0.29) is 5.91 Å². The van der Waals surface area contributed by atoms with Gasteiger partial charge < -0.3 is 9.42 Å². The molecule has 0 unspecified atom stereocenters. The molecule has 0 saturated carbocycles. The van der Waals surface area contributed by atoms with Gasteiger partial charge in [0.25, 0.3) is 5.91 Å². The zero-order valence-electron chi connectivity index (χ0n) is 11.6. The van der Waals surface area contributed by atoms with Gasteiger partial charge in [0.15, 0.2) is 5.76 Å². The van der Waals surface area contributed by atoms with Crippen LogP contribution in [0.3, 0.4) is 0 Å². The molecular weight excluding hydrogens is 280 g/mol. The van der Waals surface area contributed by atoms with E-state index in [0.29, 0.717) is 12.2 Å². The average Bonchev–Trinajstić information content (AvgIpc) is 3.24. The molecule has 0 atom stereocenters. The van der Waals surface area contributed by atoms with E-state index in [0.717, 1.165) is 29.0 Å². The highest BCUT2D eigenvalue weighted by molar-refractivity contribution is 6.06. The molecular formula is C16H12N4O2. The molecule has 1 aromatic carbocycles. The Morgan fingerprint density at radius 2 is 2.14 bits per heavy atom.